The van der Waals surface area contributed by atoms with Gasteiger partial charge in [-0.15, -0.1) is 0 Å². The molecule has 0 bridgehead atoms. The molecule has 1 aromatic heterocycles. The summed E-state index contributed by atoms with van der Waals surface area (Å²) in [4.78, 5) is 20.2. The number of halogens is 3. The average Bonchev–Trinajstić information content (AvgIpc) is 2.36. The fraction of sp³-hybridized carbons (Fsp3) is 0.615. The maximum Gasteiger partial charge on any atom is 0.433 e. The first-order chi connectivity index (χ1) is 9.66. The number of anilines is 1. The van der Waals surface area contributed by atoms with Crippen LogP contribution in [0.2, 0.25) is 0 Å². The van der Waals surface area contributed by atoms with Gasteiger partial charge in [0.1, 0.15) is 5.69 Å². The number of piperidine rings is 1. The van der Waals surface area contributed by atoms with Crippen LogP contribution in [0.5, 0.6) is 0 Å². The molecule has 2 heterocycles. The van der Waals surface area contributed by atoms with Crippen molar-refractivity contribution >= 4 is 11.9 Å². The first-order valence-electron chi connectivity index (χ1n) is 6.57. The van der Waals surface area contributed by atoms with Gasteiger partial charge >= 0.3 is 12.1 Å². The Balaban J connectivity index is 2.32. The van der Waals surface area contributed by atoms with E-state index in [0.717, 1.165) is 6.07 Å². The zero-order valence-corrected chi connectivity index (χ0v) is 11.7. The predicted molar refractivity (Wildman–Crippen MR) is 68.9 cm³/mol. The zero-order valence-electron chi connectivity index (χ0n) is 11.7. The van der Waals surface area contributed by atoms with Gasteiger partial charge in [-0.25, -0.2) is 9.97 Å². The lowest BCUT2D eigenvalue weighted by molar-refractivity contribution is -0.143. The number of hydrogen-bond donors (Lipinski definition) is 1. The second-order valence-electron chi connectivity index (χ2n) is 5.47. The summed E-state index contributed by atoms with van der Waals surface area (Å²) in [6, 6.07) is 0.881. The van der Waals surface area contributed by atoms with Crippen LogP contribution >= 0.6 is 0 Å². The molecular formula is C13H16F3N3O2. The van der Waals surface area contributed by atoms with E-state index in [1.165, 1.54) is 11.8 Å². The van der Waals surface area contributed by atoms with Crippen molar-refractivity contribution in [1.82, 2.24) is 9.97 Å². The van der Waals surface area contributed by atoms with E-state index < -0.39 is 23.8 Å². The van der Waals surface area contributed by atoms with E-state index in [2.05, 4.69) is 9.97 Å². The van der Waals surface area contributed by atoms with Crippen LogP contribution in [0.3, 0.4) is 0 Å². The summed E-state index contributed by atoms with van der Waals surface area (Å²) in [7, 11) is 0. The number of carboxylic acids is 1. The van der Waals surface area contributed by atoms with E-state index in [9.17, 15) is 18.0 Å². The molecule has 116 valence electrons. The lowest BCUT2D eigenvalue weighted by Crippen LogP contribution is -2.43. The monoisotopic (exact) mass is 303 g/mol. The molecule has 21 heavy (non-hydrogen) atoms. The molecule has 1 aromatic rings. The van der Waals surface area contributed by atoms with Gasteiger partial charge in [0.05, 0.1) is 5.92 Å². The van der Waals surface area contributed by atoms with Crippen molar-refractivity contribution in [1.29, 1.82) is 0 Å². The minimum atomic E-state index is -4.55. The third-order valence-electron chi connectivity index (χ3n) is 3.42. The van der Waals surface area contributed by atoms with Crippen molar-refractivity contribution < 1.29 is 23.1 Å². The largest absolute Gasteiger partial charge is 0.481 e. The normalized spacial score (nSPS) is 23.2. The van der Waals surface area contributed by atoms with Crippen LogP contribution in [0, 0.1) is 18.8 Å². The fourth-order valence-corrected chi connectivity index (χ4v) is 2.53. The van der Waals surface area contributed by atoms with Crippen molar-refractivity contribution in [3.63, 3.8) is 0 Å². The van der Waals surface area contributed by atoms with Crippen LogP contribution in [0.1, 0.15) is 24.7 Å². The Morgan fingerprint density at radius 3 is 2.62 bits per heavy atom. The highest BCUT2D eigenvalue weighted by Gasteiger charge is 2.35. The van der Waals surface area contributed by atoms with Crippen LogP contribution < -0.4 is 4.90 Å². The van der Waals surface area contributed by atoms with Gasteiger partial charge in [0.2, 0.25) is 5.95 Å². The van der Waals surface area contributed by atoms with Gasteiger partial charge in [-0.3, -0.25) is 4.79 Å². The third kappa shape index (κ3) is 3.62. The van der Waals surface area contributed by atoms with Crippen LogP contribution in [0.25, 0.3) is 0 Å². The molecular weight excluding hydrogens is 287 g/mol. The molecule has 2 unspecified atom stereocenters. The summed E-state index contributed by atoms with van der Waals surface area (Å²) in [5.41, 5.74) is -0.799. The molecule has 1 aliphatic rings. The maximum atomic E-state index is 12.8. The van der Waals surface area contributed by atoms with Gasteiger partial charge in [-0.2, -0.15) is 13.2 Å². The van der Waals surface area contributed by atoms with Crippen LogP contribution in [0.4, 0.5) is 19.1 Å². The molecule has 0 amide bonds. The maximum absolute atomic E-state index is 12.8. The van der Waals surface area contributed by atoms with E-state index in [1.54, 1.807) is 0 Å². The van der Waals surface area contributed by atoms with E-state index in [1.807, 2.05) is 6.92 Å². The summed E-state index contributed by atoms with van der Waals surface area (Å²) in [6.07, 6.45) is -4.04. The molecule has 0 spiro atoms. The Hall–Kier alpha value is -1.86. The lowest BCUT2D eigenvalue weighted by Gasteiger charge is -2.34. The smallest absolute Gasteiger partial charge is 0.433 e. The standard InChI is InChI=1S/C13H16F3N3O2/c1-7-3-9(11(20)21)6-19(5-7)12-17-8(2)4-10(18-12)13(14,15)16/h4,7,9H,3,5-6H2,1-2H3,(H,20,21). The van der Waals surface area contributed by atoms with Crippen molar-refractivity contribution in [2.24, 2.45) is 11.8 Å². The van der Waals surface area contributed by atoms with Crippen LogP contribution in [-0.2, 0) is 11.0 Å². The number of rotatable bonds is 2. The molecule has 1 aliphatic heterocycles. The second-order valence-corrected chi connectivity index (χ2v) is 5.47. The zero-order chi connectivity index (χ0) is 15.8. The second kappa shape index (κ2) is 5.50. The van der Waals surface area contributed by atoms with E-state index in [-0.39, 0.29) is 24.1 Å². The first kappa shape index (κ1) is 15.5. The SMILES string of the molecule is Cc1cc(C(F)(F)F)nc(N2CC(C)CC(C(=O)O)C2)n1. The molecule has 1 fully saturated rings. The highest BCUT2D eigenvalue weighted by Crippen LogP contribution is 2.30. The average molecular weight is 303 g/mol. The molecule has 0 saturated carbocycles. The van der Waals surface area contributed by atoms with Crippen molar-refractivity contribution in [3.05, 3.63) is 17.5 Å². The molecule has 1 N–H and O–H groups in total. The highest BCUT2D eigenvalue weighted by molar-refractivity contribution is 5.71. The number of carbonyl (C=O) groups is 1. The van der Waals surface area contributed by atoms with Gasteiger partial charge in [0.25, 0.3) is 0 Å². The number of aryl methyl sites for hydroxylation is 1. The molecule has 0 aliphatic carbocycles. The van der Waals surface area contributed by atoms with E-state index in [4.69, 9.17) is 5.11 Å². The van der Waals surface area contributed by atoms with Gasteiger partial charge < -0.3 is 10.0 Å². The van der Waals surface area contributed by atoms with E-state index >= 15 is 0 Å². The topological polar surface area (TPSA) is 66.3 Å². The number of carboxylic acid groups (broad SMARTS) is 1. The summed E-state index contributed by atoms with van der Waals surface area (Å²) in [6.45, 7) is 3.90. The minimum absolute atomic E-state index is 0.0540. The molecule has 0 radical (unpaired) electrons. The number of aliphatic carboxylic acids is 1. The first-order valence-corrected chi connectivity index (χ1v) is 6.57. The molecule has 1 saturated heterocycles. The fourth-order valence-electron chi connectivity index (χ4n) is 2.53. The summed E-state index contributed by atoms with van der Waals surface area (Å²) in [5.74, 6) is -1.57. The quantitative estimate of drug-likeness (QED) is 0.908. The predicted octanol–water partition coefficient (Wildman–Crippen LogP) is 2.35. The highest BCUT2D eigenvalue weighted by atomic mass is 19.4. The minimum Gasteiger partial charge on any atom is -0.481 e. The van der Waals surface area contributed by atoms with Crippen molar-refractivity contribution in [3.8, 4) is 0 Å². The van der Waals surface area contributed by atoms with Gasteiger partial charge in [-0.05, 0) is 25.3 Å². The number of aromatic nitrogens is 2. The summed E-state index contributed by atoms with van der Waals surface area (Å²) >= 11 is 0. The summed E-state index contributed by atoms with van der Waals surface area (Å²) < 4.78 is 38.4. The van der Waals surface area contributed by atoms with Crippen LogP contribution in [0.15, 0.2) is 6.07 Å². The molecule has 2 atom stereocenters. The third-order valence-corrected chi connectivity index (χ3v) is 3.42. The number of alkyl halides is 3. The Kier molecular flexibility index (Phi) is 4.06. The van der Waals surface area contributed by atoms with Crippen molar-refractivity contribution in [2.45, 2.75) is 26.4 Å². The molecule has 0 aromatic carbocycles. The Morgan fingerprint density at radius 1 is 1.38 bits per heavy atom. The van der Waals surface area contributed by atoms with Crippen molar-refractivity contribution in [2.75, 3.05) is 18.0 Å². The Bertz CT molecular complexity index is 548. The number of nitrogens with zero attached hydrogens (tertiary/aromatic N) is 3. The summed E-state index contributed by atoms with van der Waals surface area (Å²) in [5, 5.41) is 9.11. The Morgan fingerprint density at radius 2 is 2.05 bits per heavy atom. The van der Waals surface area contributed by atoms with Gasteiger partial charge in [-0.1, -0.05) is 6.92 Å². The lowest BCUT2D eigenvalue weighted by atomic mass is 9.91. The van der Waals surface area contributed by atoms with Crippen LogP contribution in [-0.4, -0.2) is 34.1 Å². The van der Waals surface area contributed by atoms with Gasteiger partial charge in [0.15, 0.2) is 0 Å². The molecule has 5 nitrogen and oxygen atoms in total. The number of hydrogen-bond acceptors (Lipinski definition) is 4. The van der Waals surface area contributed by atoms with Gasteiger partial charge in [0, 0.05) is 18.8 Å². The molecule has 8 heteroatoms. The Labute approximate surface area is 119 Å². The van der Waals surface area contributed by atoms with E-state index in [0.29, 0.717) is 13.0 Å². The molecule has 2 rings (SSSR count).